The normalized spacial score (nSPS) is 25.4. The number of hydrogen-bond donors (Lipinski definition) is 1. The Hall–Kier alpha value is -0.280. The molecule has 2 nitrogen and oxygen atoms in total. The number of hydrogen-bond acceptors (Lipinski definition) is 2. The molecule has 0 aromatic carbocycles. The van der Waals surface area contributed by atoms with Crippen LogP contribution in [-0.2, 0) is 0 Å². The van der Waals surface area contributed by atoms with E-state index in [1.165, 1.54) is 32.1 Å². The third-order valence-electron chi connectivity index (χ3n) is 3.41. The Kier molecular flexibility index (Phi) is 4.69. The highest BCUT2D eigenvalue weighted by molar-refractivity contribution is 9.10. The Morgan fingerprint density at radius 3 is 2.94 bits per heavy atom. The van der Waals surface area contributed by atoms with Gasteiger partial charge in [0.15, 0.2) is 0 Å². The molecule has 2 rings (SSSR count). The third kappa shape index (κ3) is 3.85. The molecule has 1 fully saturated rings. The summed E-state index contributed by atoms with van der Waals surface area (Å²) in [5, 5.41) is 4.18. The summed E-state index contributed by atoms with van der Waals surface area (Å²) < 4.78 is 0.947. The molecule has 0 bridgehead atoms. The summed E-state index contributed by atoms with van der Waals surface area (Å²) in [6.45, 7) is 2.35. The molecular formula is C13H18BrClN2. The summed E-state index contributed by atoms with van der Waals surface area (Å²) in [6, 6.07) is 2.43. The molecule has 2 unspecified atom stereocenters. The molecule has 1 aliphatic rings. The van der Waals surface area contributed by atoms with Gasteiger partial charge in [-0.2, -0.15) is 0 Å². The second kappa shape index (κ2) is 6.05. The van der Waals surface area contributed by atoms with Gasteiger partial charge in [0.25, 0.3) is 0 Å². The molecule has 2 atom stereocenters. The number of nitrogens with zero attached hydrogens (tertiary/aromatic N) is 1. The van der Waals surface area contributed by atoms with Crippen LogP contribution in [0.15, 0.2) is 16.7 Å². The number of nitrogens with one attached hydrogen (secondary N) is 1. The summed E-state index contributed by atoms with van der Waals surface area (Å²) in [6.07, 6.45) is 8.13. The minimum atomic E-state index is 0.546. The molecule has 0 aliphatic heterocycles. The number of anilines is 1. The Labute approximate surface area is 116 Å². The van der Waals surface area contributed by atoms with Crippen molar-refractivity contribution in [1.82, 2.24) is 4.98 Å². The van der Waals surface area contributed by atoms with Crippen molar-refractivity contribution in [2.75, 3.05) is 5.32 Å². The molecule has 1 heterocycles. The molecule has 0 radical (unpaired) electrons. The second-order valence-electron chi connectivity index (χ2n) is 4.94. The average Bonchev–Trinajstić information content (AvgIpc) is 2.48. The second-order valence-corrected chi connectivity index (χ2v) is 6.23. The largest absolute Gasteiger partial charge is 0.366 e. The van der Waals surface area contributed by atoms with E-state index >= 15 is 0 Å². The molecule has 1 aliphatic carbocycles. The Morgan fingerprint density at radius 1 is 1.35 bits per heavy atom. The van der Waals surface area contributed by atoms with Gasteiger partial charge in [0.05, 0.1) is 9.50 Å². The molecule has 4 heteroatoms. The zero-order valence-corrected chi connectivity index (χ0v) is 12.4. The van der Waals surface area contributed by atoms with Crippen molar-refractivity contribution >= 4 is 33.3 Å². The van der Waals surface area contributed by atoms with Crippen molar-refractivity contribution in [3.05, 3.63) is 21.8 Å². The van der Waals surface area contributed by atoms with Gasteiger partial charge in [-0.15, -0.1) is 0 Å². The van der Waals surface area contributed by atoms with Crippen LogP contribution in [0, 0.1) is 5.92 Å². The fourth-order valence-electron chi connectivity index (χ4n) is 2.35. The Bertz CT molecular complexity index is 384. The van der Waals surface area contributed by atoms with E-state index in [-0.39, 0.29) is 0 Å². The highest BCUT2D eigenvalue weighted by atomic mass is 79.9. The van der Waals surface area contributed by atoms with Gasteiger partial charge in [0.1, 0.15) is 5.82 Å². The summed E-state index contributed by atoms with van der Waals surface area (Å²) >= 11 is 9.38. The van der Waals surface area contributed by atoms with E-state index in [1.54, 1.807) is 6.20 Å². The summed E-state index contributed by atoms with van der Waals surface area (Å²) in [4.78, 5) is 4.33. The van der Waals surface area contributed by atoms with Gasteiger partial charge >= 0.3 is 0 Å². The first-order chi connectivity index (χ1) is 8.15. The van der Waals surface area contributed by atoms with E-state index in [2.05, 4.69) is 33.2 Å². The van der Waals surface area contributed by atoms with Crippen LogP contribution in [0.1, 0.15) is 39.0 Å². The maximum Gasteiger partial charge on any atom is 0.140 e. The molecular weight excluding hydrogens is 300 g/mol. The smallest absolute Gasteiger partial charge is 0.140 e. The van der Waals surface area contributed by atoms with Crippen LogP contribution in [0.25, 0.3) is 0 Å². The maximum atomic E-state index is 5.88. The van der Waals surface area contributed by atoms with Crippen LogP contribution < -0.4 is 5.32 Å². The Balaban J connectivity index is 2.00. The van der Waals surface area contributed by atoms with Gasteiger partial charge < -0.3 is 5.32 Å². The lowest BCUT2D eigenvalue weighted by molar-refractivity contribution is 0.502. The molecule has 0 amide bonds. The minimum absolute atomic E-state index is 0.546. The van der Waals surface area contributed by atoms with Crippen molar-refractivity contribution < 1.29 is 0 Å². The van der Waals surface area contributed by atoms with E-state index in [1.807, 2.05) is 6.07 Å². The van der Waals surface area contributed by atoms with E-state index in [9.17, 15) is 0 Å². The Morgan fingerprint density at radius 2 is 2.18 bits per heavy atom. The van der Waals surface area contributed by atoms with Crippen molar-refractivity contribution in [3.8, 4) is 0 Å². The highest BCUT2D eigenvalue weighted by Crippen LogP contribution is 2.28. The lowest BCUT2D eigenvalue weighted by Gasteiger charge is -2.18. The van der Waals surface area contributed by atoms with Crippen molar-refractivity contribution in [1.29, 1.82) is 0 Å². The van der Waals surface area contributed by atoms with Crippen LogP contribution in [0.5, 0.6) is 0 Å². The monoisotopic (exact) mass is 316 g/mol. The third-order valence-corrected chi connectivity index (χ3v) is 4.22. The summed E-state index contributed by atoms with van der Waals surface area (Å²) in [5.41, 5.74) is 0. The lowest BCUT2D eigenvalue weighted by Crippen LogP contribution is -2.19. The zero-order chi connectivity index (χ0) is 12.3. The fourth-order valence-corrected chi connectivity index (χ4v) is 3.10. The molecule has 94 valence electrons. The molecule has 17 heavy (non-hydrogen) atoms. The summed E-state index contributed by atoms with van der Waals surface area (Å²) in [7, 11) is 0. The van der Waals surface area contributed by atoms with Crippen molar-refractivity contribution in [2.24, 2.45) is 5.92 Å². The number of rotatable bonds is 2. The van der Waals surface area contributed by atoms with Crippen LogP contribution in [0.3, 0.4) is 0 Å². The van der Waals surface area contributed by atoms with Crippen molar-refractivity contribution in [3.63, 3.8) is 0 Å². The van der Waals surface area contributed by atoms with Gasteiger partial charge in [-0.1, -0.05) is 31.4 Å². The minimum Gasteiger partial charge on any atom is -0.366 e. The van der Waals surface area contributed by atoms with Crippen molar-refractivity contribution in [2.45, 2.75) is 45.1 Å². The molecule has 1 N–H and O–H groups in total. The van der Waals surface area contributed by atoms with Crippen LogP contribution in [-0.4, -0.2) is 11.0 Å². The maximum absolute atomic E-state index is 5.88. The van der Waals surface area contributed by atoms with Gasteiger partial charge in [-0.05, 0) is 47.2 Å². The van der Waals surface area contributed by atoms with E-state index < -0.39 is 0 Å². The topological polar surface area (TPSA) is 24.9 Å². The predicted molar refractivity (Wildman–Crippen MR) is 76.6 cm³/mol. The van der Waals surface area contributed by atoms with Crippen LogP contribution in [0.4, 0.5) is 5.82 Å². The standard InChI is InChI=1S/C13H18BrClN2/c1-9-3-2-4-11(6-5-9)17-13-12(14)7-10(15)8-16-13/h7-9,11H,2-6H2,1H3,(H,16,17). The first-order valence-corrected chi connectivity index (χ1v) is 7.40. The first-order valence-electron chi connectivity index (χ1n) is 6.22. The summed E-state index contributed by atoms with van der Waals surface area (Å²) in [5.74, 6) is 1.78. The lowest BCUT2D eigenvalue weighted by atomic mass is 10.0. The van der Waals surface area contributed by atoms with E-state index in [4.69, 9.17) is 11.6 Å². The van der Waals surface area contributed by atoms with Gasteiger partial charge in [-0.3, -0.25) is 0 Å². The van der Waals surface area contributed by atoms with Gasteiger partial charge in [0, 0.05) is 12.2 Å². The molecule has 1 aromatic heterocycles. The number of aromatic nitrogens is 1. The number of pyridine rings is 1. The van der Waals surface area contributed by atoms with Crippen LogP contribution >= 0.6 is 27.5 Å². The predicted octanol–water partition coefficient (Wildman–Crippen LogP) is 4.88. The SMILES string of the molecule is CC1CCCC(Nc2ncc(Cl)cc2Br)CC1. The van der Waals surface area contributed by atoms with Crippen LogP contribution in [0.2, 0.25) is 5.02 Å². The highest BCUT2D eigenvalue weighted by Gasteiger charge is 2.17. The molecule has 0 saturated heterocycles. The zero-order valence-electron chi connectivity index (χ0n) is 10.0. The quantitative estimate of drug-likeness (QED) is 0.786. The molecule has 1 aromatic rings. The average molecular weight is 318 g/mol. The molecule has 0 spiro atoms. The van der Waals surface area contributed by atoms with Gasteiger partial charge in [-0.25, -0.2) is 4.98 Å². The van der Waals surface area contributed by atoms with E-state index in [0.29, 0.717) is 11.1 Å². The molecule has 1 saturated carbocycles. The first kappa shape index (κ1) is 13.2. The van der Waals surface area contributed by atoms with E-state index in [0.717, 1.165) is 16.2 Å². The number of halogens is 2. The fraction of sp³-hybridized carbons (Fsp3) is 0.615. The van der Waals surface area contributed by atoms with Gasteiger partial charge in [0.2, 0.25) is 0 Å².